The number of aliphatic hydroxyl groups excluding tert-OH is 1. The van der Waals surface area contributed by atoms with Crippen molar-refractivity contribution in [2.24, 2.45) is 0 Å². The summed E-state index contributed by atoms with van der Waals surface area (Å²) >= 11 is 0. The number of ether oxygens (including phenoxy) is 2. The third kappa shape index (κ3) is 5.62. The SMILES string of the molecule is O=C(N[C@H]1CCc2cc(CN3CCC[C@H]3CO)ccc2C1)c1ccc(OC[C@@H]2CCCO2)cc1. The van der Waals surface area contributed by atoms with Crippen molar-refractivity contribution in [1.29, 1.82) is 0 Å². The molecular formula is C28H36N2O4. The zero-order valence-corrected chi connectivity index (χ0v) is 19.9. The molecule has 2 aromatic rings. The van der Waals surface area contributed by atoms with Crippen molar-refractivity contribution >= 4 is 5.91 Å². The summed E-state index contributed by atoms with van der Waals surface area (Å²) in [6, 6.07) is 14.6. The Morgan fingerprint density at radius 1 is 1.09 bits per heavy atom. The van der Waals surface area contributed by atoms with Crippen molar-refractivity contribution in [3.8, 4) is 5.75 Å². The van der Waals surface area contributed by atoms with E-state index in [2.05, 4.69) is 28.4 Å². The molecule has 2 fully saturated rings. The van der Waals surface area contributed by atoms with E-state index in [-0.39, 0.29) is 24.7 Å². The first kappa shape index (κ1) is 23.3. The largest absolute Gasteiger partial charge is 0.491 e. The summed E-state index contributed by atoms with van der Waals surface area (Å²) in [7, 11) is 0. The Labute approximate surface area is 202 Å². The molecule has 3 aliphatic rings. The highest BCUT2D eigenvalue weighted by atomic mass is 16.5. The van der Waals surface area contributed by atoms with Gasteiger partial charge in [-0.1, -0.05) is 18.2 Å². The van der Waals surface area contributed by atoms with Crippen LogP contribution in [0.5, 0.6) is 5.75 Å². The number of aliphatic hydroxyl groups is 1. The van der Waals surface area contributed by atoms with Crippen molar-refractivity contribution in [3.63, 3.8) is 0 Å². The number of nitrogens with zero attached hydrogens (tertiary/aromatic N) is 1. The Bertz CT molecular complexity index is 971. The maximum Gasteiger partial charge on any atom is 0.251 e. The van der Waals surface area contributed by atoms with Gasteiger partial charge < -0.3 is 19.9 Å². The number of hydrogen-bond acceptors (Lipinski definition) is 5. The van der Waals surface area contributed by atoms with E-state index >= 15 is 0 Å². The molecule has 1 amide bonds. The zero-order valence-electron chi connectivity index (χ0n) is 19.9. The van der Waals surface area contributed by atoms with Crippen LogP contribution in [0, 0.1) is 0 Å². The number of likely N-dealkylation sites (tertiary alicyclic amines) is 1. The standard InChI is InChI=1S/C28H36N2O4/c31-18-25-3-1-13-30(25)17-20-5-6-23-16-24(10-7-22(23)15-20)29-28(32)21-8-11-26(12-9-21)34-19-27-4-2-14-33-27/h5-6,8-9,11-12,15,24-25,27,31H,1-4,7,10,13-14,16-19H2,(H,29,32)/t24-,25-,27-/m0/s1. The smallest absolute Gasteiger partial charge is 0.251 e. The molecule has 2 aliphatic heterocycles. The predicted molar refractivity (Wildman–Crippen MR) is 131 cm³/mol. The van der Waals surface area contributed by atoms with Crippen LogP contribution in [0.1, 0.15) is 59.2 Å². The summed E-state index contributed by atoms with van der Waals surface area (Å²) in [5.74, 6) is 0.744. The number of benzene rings is 2. The molecule has 182 valence electrons. The zero-order chi connectivity index (χ0) is 23.3. The number of carbonyl (C=O) groups excluding carboxylic acids is 1. The van der Waals surface area contributed by atoms with Crippen LogP contribution in [-0.4, -0.2) is 60.5 Å². The van der Waals surface area contributed by atoms with Crippen LogP contribution in [-0.2, 0) is 24.1 Å². The Balaban J connectivity index is 1.12. The van der Waals surface area contributed by atoms with E-state index in [1.807, 2.05) is 24.3 Å². The molecule has 2 N–H and O–H groups in total. The van der Waals surface area contributed by atoms with Gasteiger partial charge in [-0.2, -0.15) is 0 Å². The average molecular weight is 465 g/mol. The van der Waals surface area contributed by atoms with Gasteiger partial charge in [0, 0.05) is 30.8 Å². The van der Waals surface area contributed by atoms with Gasteiger partial charge in [-0.25, -0.2) is 0 Å². The lowest BCUT2D eigenvalue weighted by Gasteiger charge is -2.27. The van der Waals surface area contributed by atoms with Gasteiger partial charge in [0.15, 0.2) is 0 Å². The number of amides is 1. The highest BCUT2D eigenvalue weighted by Gasteiger charge is 2.25. The number of aryl methyl sites for hydroxylation is 1. The molecule has 0 radical (unpaired) electrons. The number of carbonyl (C=O) groups is 1. The van der Waals surface area contributed by atoms with Crippen molar-refractivity contribution in [1.82, 2.24) is 10.2 Å². The second-order valence-corrected chi connectivity index (χ2v) is 9.94. The summed E-state index contributed by atoms with van der Waals surface area (Å²) in [4.78, 5) is 15.2. The topological polar surface area (TPSA) is 71.0 Å². The van der Waals surface area contributed by atoms with Gasteiger partial charge in [-0.15, -0.1) is 0 Å². The fourth-order valence-electron chi connectivity index (χ4n) is 5.51. The molecule has 6 heteroatoms. The third-order valence-electron chi connectivity index (χ3n) is 7.51. The molecule has 0 bridgehead atoms. The van der Waals surface area contributed by atoms with Gasteiger partial charge >= 0.3 is 0 Å². The first-order valence-electron chi connectivity index (χ1n) is 12.8. The second kappa shape index (κ2) is 10.9. The molecule has 0 aromatic heterocycles. The van der Waals surface area contributed by atoms with E-state index in [1.165, 1.54) is 23.1 Å². The minimum atomic E-state index is -0.0279. The van der Waals surface area contributed by atoms with E-state index in [0.29, 0.717) is 18.2 Å². The van der Waals surface area contributed by atoms with Gasteiger partial charge in [0.1, 0.15) is 12.4 Å². The fraction of sp³-hybridized carbons (Fsp3) is 0.536. The molecule has 5 rings (SSSR count). The Kier molecular flexibility index (Phi) is 7.48. The number of rotatable bonds is 8. The molecule has 0 saturated carbocycles. The Hall–Kier alpha value is -2.41. The van der Waals surface area contributed by atoms with E-state index in [4.69, 9.17) is 9.47 Å². The summed E-state index contributed by atoms with van der Waals surface area (Å²) < 4.78 is 11.4. The summed E-state index contributed by atoms with van der Waals surface area (Å²) in [6.07, 6.45) is 7.40. The number of fused-ring (bicyclic) bond motifs is 1. The lowest BCUT2D eigenvalue weighted by Crippen LogP contribution is -2.39. The van der Waals surface area contributed by atoms with Crippen LogP contribution in [0.3, 0.4) is 0 Å². The highest BCUT2D eigenvalue weighted by Crippen LogP contribution is 2.26. The molecule has 0 spiro atoms. The maximum atomic E-state index is 12.8. The third-order valence-corrected chi connectivity index (χ3v) is 7.51. The van der Waals surface area contributed by atoms with E-state index in [9.17, 15) is 9.90 Å². The minimum Gasteiger partial charge on any atom is -0.491 e. The van der Waals surface area contributed by atoms with Crippen molar-refractivity contribution in [3.05, 3.63) is 64.7 Å². The predicted octanol–water partition coefficient (Wildman–Crippen LogP) is 3.49. The molecule has 2 aromatic carbocycles. The summed E-state index contributed by atoms with van der Waals surface area (Å²) in [5, 5.41) is 12.8. The molecule has 3 atom stereocenters. The fourth-order valence-corrected chi connectivity index (χ4v) is 5.51. The van der Waals surface area contributed by atoms with Gasteiger partial charge in [-0.05, 0) is 92.4 Å². The van der Waals surface area contributed by atoms with Gasteiger partial charge in [0.2, 0.25) is 0 Å². The van der Waals surface area contributed by atoms with Gasteiger partial charge in [0.25, 0.3) is 5.91 Å². The van der Waals surface area contributed by atoms with Crippen LogP contribution in [0.4, 0.5) is 0 Å². The van der Waals surface area contributed by atoms with Crippen LogP contribution >= 0.6 is 0 Å². The molecule has 6 nitrogen and oxygen atoms in total. The van der Waals surface area contributed by atoms with E-state index in [0.717, 1.165) is 64.0 Å². The van der Waals surface area contributed by atoms with Crippen molar-refractivity contribution < 1.29 is 19.4 Å². The monoisotopic (exact) mass is 464 g/mol. The van der Waals surface area contributed by atoms with Crippen LogP contribution < -0.4 is 10.1 Å². The average Bonchev–Trinajstić information content (AvgIpc) is 3.55. The van der Waals surface area contributed by atoms with Gasteiger partial charge in [0.05, 0.1) is 12.7 Å². The lowest BCUT2D eigenvalue weighted by molar-refractivity contribution is 0.0679. The molecule has 2 heterocycles. The Morgan fingerprint density at radius 3 is 2.76 bits per heavy atom. The van der Waals surface area contributed by atoms with Crippen molar-refractivity contribution in [2.75, 3.05) is 26.4 Å². The van der Waals surface area contributed by atoms with E-state index < -0.39 is 0 Å². The first-order chi connectivity index (χ1) is 16.7. The summed E-state index contributed by atoms with van der Waals surface area (Å²) in [5.41, 5.74) is 4.71. The normalized spacial score (nSPS) is 24.7. The molecule has 2 saturated heterocycles. The number of hydrogen-bond donors (Lipinski definition) is 2. The van der Waals surface area contributed by atoms with Crippen LogP contribution in [0.2, 0.25) is 0 Å². The summed E-state index contributed by atoms with van der Waals surface area (Å²) in [6.45, 7) is 3.61. The van der Waals surface area contributed by atoms with Crippen LogP contribution in [0.15, 0.2) is 42.5 Å². The first-order valence-corrected chi connectivity index (χ1v) is 12.8. The second-order valence-electron chi connectivity index (χ2n) is 9.94. The maximum absolute atomic E-state index is 12.8. The quantitative estimate of drug-likeness (QED) is 0.626. The lowest BCUT2D eigenvalue weighted by atomic mass is 9.87. The minimum absolute atomic E-state index is 0.0279. The Morgan fingerprint density at radius 2 is 1.97 bits per heavy atom. The number of nitrogens with one attached hydrogen (secondary N) is 1. The molecule has 1 aliphatic carbocycles. The van der Waals surface area contributed by atoms with E-state index in [1.54, 1.807) is 0 Å². The molecule has 0 unspecified atom stereocenters. The molecular weight excluding hydrogens is 428 g/mol. The molecule has 34 heavy (non-hydrogen) atoms. The van der Waals surface area contributed by atoms with Gasteiger partial charge in [-0.3, -0.25) is 9.69 Å². The highest BCUT2D eigenvalue weighted by molar-refractivity contribution is 5.94. The van der Waals surface area contributed by atoms with Crippen molar-refractivity contribution in [2.45, 2.75) is 69.7 Å². The van der Waals surface area contributed by atoms with Crippen LogP contribution in [0.25, 0.3) is 0 Å².